The summed E-state index contributed by atoms with van der Waals surface area (Å²) in [4.78, 5) is 3.52. The van der Waals surface area contributed by atoms with Crippen molar-refractivity contribution in [1.82, 2.24) is 9.80 Å². The third-order valence-corrected chi connectivity index (χ3v) is 6.32. The highest BCUT2D eigenvalue weighted by Gasteiger charge is 2.46. The van der Waals surface area contributed by atoms with Gasteiger partial charge in [0, 0.05) is 25.7 Å². The summed E-state index contributed by atoms with van der Waals surface area (Å²) in [6.07, 6.45) is 5.32. The first kappa shape index (κ1) is 25.7. The minimum Gasteiger partial charge on any atom is -0.300 e. The number of piperazine rings is 1. The maximum absolute atomic E-state index is 13.0. The van der Waals surface area contributed by atoms with Crippen molar-refractivity contribution in [3.63, 3.8) is 0 Å². The summed E-state index contributed by atoms with van der Waals surface area (Å²) in [5, 5.41) is 0. The van der Waals surface area contributed by atoms with Crippen LogP contribution in [0.4, 0.5) is 13.2 Å². The van der Waals surface area contributed by atoms with Crippen LogP contribution < -0.4 is 0 Å². The fourth-order valence-corrected chi connectivity index (χ4v) is 4.58. The number of halogens is 3. The zero-order valence-corrected chi connectivity index (χ0v) is 19.2. The molecule has 0 radical (unpaired) electrons. The Hall–Kier alpha value is -0.290. The lowest BCUT2D eigenvalue weighted by Gasteiger charge is -2.44. The molecule has 1 aliphatic carbocycles. The molecule has 1 aliphatic heterocycles. The molecular formula is C23H45F3N2. The van der Waals surface area contributed by atoms with Crippen molar-refractivity contribution in [2.24, 2.45) is 17.8 Å². The summed E-state index contributed by atoms with van der Waals surface area (Å²) in [5.74, 6) is 2.98. The van der Waals surface area contributed by atoms with Gasteiger partial charge in [0.2, 0.25) is 0 Å². The molecule has 0 aromatic carbocycles. The van der Waals surface area contributed by atoms with E-state index in [9.17, 15) is 13.2 Å². The molecule has 2 rings (SSSR count). The van der Waals surface area contributed by atoms with Crippen LogP contribution in [0, 0.1) is 17.8 Å². The van der Waals surface area contributed by atoms with Gasteiger partial charge in [0.05, 0.1) is 0 Å². The van der Waals surface area contributed by atoms with Gasteiger partial charge in [0.25, 0.3) is 0 Å². The zero-order valence-electron chi connectivity index (χ0n) is 19.2. The van der Waals surface area contributed by atoms with Crippen LogP contribution in [-0.2, 0) is 0 Å². The molecule has 0 spiro atoms. The van der Waals surface area contributed by atoms with Crippen molar-refractivity contribution < 1.29 is 13.2 Å². The maximum Gasteiger partial charge on any atom is 0.405 e. The third-order valence-electron chi connectivity index (χ3n) is 6.32. The van der Waals surface area contributed by atoms with E-state index >= 15 is 0 Å². The van der Waals surface area contributed by atoms with Gasteiger partial charge in [-0.15, -0.1) is 0 Å². The van der Waals surface area contributed by atoms with Gasteiger partial charge >= 0.3 is 6.18 Å². The summed E-state index contributed by atoms with van der Waals surface area (Å²) < 4.78 is 38.9. The summed E-state index contributed by atoms with van der Waals surface area (Å²) in [5.41, 5.74) is 0. The van der Waals surface area contributed by atoms with Crippen LogP contribution in [0.25, 0.3) is 0 Å². The molecule has 1 saturated heterocycles. The van der Waals surface area contributed by atoms with Gasteiger partial charge < -0.3 is 4.90 Å². The van der Waals surface area contributed by atoms with E-state index in [0.29, 0.717) is 6.54 Å². The van der Waals surface area contributed by atoms with E-state index in [1.807, 2.05) is 18.7 Å². The average molecular weight is 407 g/mol. The molecule has 1 atom stereocenters. The molecule has 28 heavy (non-hydrogen) atoms. The van der Waals surface area contributed by atoms with E-state index in [4.69, 9.17) is 0 Å². The predicted octanol–water partition coefficient (Wildman–Crippen LogP) is 6.60. The molecular weight excluding hydrogens is 361 g/mol. The standard InChI is InChI=1S/C12H23F3N2.C11H22/c1-4-5-6-16-7-8-17(10(2)3)11(9-16)12(13,14)15;1-9(2)8-11-6-4-10(3)5-7-11/h10-11H,4-9H2,1-3H3;9-11H,4-8H2,1-3H3. The highest BCUT2D eigenvalue weighted by molar-refractivity contribution is 4.88. The Labute approximate surface area is 172 Å². The van der Waals surface area contributed by atoms with E-state index in [0.717, 1.165) is 43.7 Å². The second-order valence-corrected chi connectivity index (χ2v) is 9.80. The van der Waals surface area contributed by atoms with Crippen molar-refractivity contribution in [2.45, 2.75) is 105 Å². The van der Waals surface area contributed by atoms with Crippen LogP contribution in [0.2, 0.25) is 0 Å². The molecule has 1 unspecified atom stereocenters. The fraction of sp³-hybridized carbons (Fsp3) is 1.00. The van der Waals surface area contributed by atoms with Gasteiger partial charge in [-0.1, -0.05) is 59.8 Å². The highest BCUT2D eigenvalue weighted by atomic mass is 19.4. The summed E-state index contributed by atoms with van der Waals surface area (Å²) >= 11 is 0. The van der Waals surface area contributed by atoms with Crippen LogP contribution in [0.15, 0.2) is 0 Å². The minimum atomic E-state index is -4.12. The third kappa shape index (κ3) is 9.47. The molecule has 0 bridgehead atoms. The lowest BCUT2D eigenvalue weighted by molar-refractivity contribution is -0.202. The average Bonchev–Trinajstić information content (AvgIpc) is 2.61. The fourth-order valence-electron chi connectivity index (χ4n) is 4.58. The van der Waals surface area contributed by atoms with Crippen molar-refractivity contribution in [2.75, 3.05) is 26.2 Å². The van der Waals surface area contributed by atoms with Gasteiger partial charge in [-0.3, -0.25) is 4.90 Å². The number of rotatable bonds is 6. The normalized spacial score (nSPS) is 27.8. The van der Waals surface area contributed by atoms with Crippen LogP contribution in [0.1, 0.15) is 86.5 Å². The lowest BCUT2D eigenvalue weighted by Crippen LogP contribution is -2.60. The molecule has 2 nitrogen and oxygen atoms in total. The first-order valence-electron chi connectivity index (χ1n) is 11.6. The van der Waals surface area contributed by atoms with Gasteiger partial charge in [0.15, 0.2) is 0 Å². The van der Waals surface area contributed by atoms with Crippen molar-refractivity contribution in [3.05, 3.63) is 0 Å². The Morgan fingerprint density at radius 1 is 0.964 bits per heavy atom. The van der Waals surface area contributed by atoms with E-state index in [2.05, 4.69) is 27.7 Å². The molecule has 168 valence electrons. The molecule has 0 N–H and O–H groups in total. The summed E-state index contributed by atoms with van der Waals surface area (Å²) in [6.45, 7) is 15.0. The first-order chi connectivity index (χ1) is 13.0. The molecule has 2 fully saturated rings. The number of nitrogens with zero attached hydrogens (tertiary/aromatic N) is 2. The van der Waals surface area contributed by atoms with E-state index in [1.54, 1.807) is 4.90 Å². The Kier molecular flexibility index (Phi) is 11.4. The van der Waals surface area contributed by atoms with Gasteiger partial charge in [0.1, 0.15) is 6.04 Å². The smallest absolute Gasteiger partial charge is 0.300 e. The monoisotopic (exact) mass is 406 g/mol. The number of unbranched alkanes of at least 4 members (excludes halogenated alkanes) is 1. The first-order valence-corrected chi connectivity index (χ1v) is 11.6. The summed E-state index contributed by atoms with van der Waals surface area (Å²) in [6, 6.07) is -1.34. The van der Waals surface area contributed by atoms with Gasteiger partial charge in [-0.2, -0.15) is 13.2 Å². The molecule has 0 aromatic heterocycles. The van der Waals surface area contributed by atoms with Crippen molar-refractivity contribution >= 4 is 0 Å². The molecule has 1 saturated carbocycles. The maximum atomic E-state index is 13.0. The topological polar surface area (TPSA) is 6.48 Å². The second-order valence-electron chi connectivity index (χ2n) is 9.80. The van der Waals surface area contributed by atoms with Crippen LogP contribution in [0.5, 0.6) is 0 Å². The Bertz CT molecular complexity index is 401. The second kappa shape index (κ2) is 12.4. The van der Waals surface area contributed by atoms with Crippen LogP contribution >= 0.6 is 0 Å². The largest absolute Gasteiger partial charge is 0.405 e. The quantitative estimate of drug-likeness (QED) is 0.490. The minimum absolute atomic E-state index is 0.0463. The number of hydrogen-bond acceptors (Lipinski definition) is 2. The van der Waals surface area contributed by atoms with E-state index in [1.165, 1.54) is 32.1 Å². The van der Waals surface area contributed by atoms with Gasteiger partial charge in [-0.05, 0) is 51.0 Å². The van der Waals surface area contributed by atoms with Gasteiger partial charge in [-0.25, -0.2) is 0 Å². The molecule has 0 aromatic rings. The lowest BCUT2D eigenvalue weighted by atomic mass is 9.79. The van der Waals surface area contributed by atoms with E-state index in [-0.39, 0.29) is 12.6 Å². The van der Waals surface area contributed by atoms with Crippen molar-refractivity contribution in [3.8, 4) is 0 Å². The molecule has 2 aliphatic rings. The predicted molar refractivity (Wildman–Crippen MR) is 114 cm³/mol. The molecule has 0 amide bonds. The van der Waals surface area contributed by atoms with E-state index < -0.39 is 12.2 Å². The van der Waals surface area contributed by atoms with Crippen LogP contribution in [-0.4, -0.2) is 54.2 Å². The number of hydrogen-bond donors (Lipinski definition) is 0. The van der Waals surface area contributed by atoms with Crippen LogP contribution in [0.3, 0.4) is 0 Å². The molecule has 5 heteroatoms. The Balaban J connectivity index is 0.000000307. The number of alkyl halides is 3. The molecule has 1 heterocycles. The Morgan fingerprint density at radius 3 is 2.04 bits per heavy atom. The van der Waals surface area contributed by atoms with Crippen molar-refractivity contribution in [1.29, 1.82) is 0 Å². The highest BCUT2D eigenvalue weighted by Crippen LogP contribution is 2.32. The SMILES string of the molecule is CC(C)CC1CCC(C)CC1.CCCCN1CCN(C(C)C)C(C(F)(F)F)C1. The summed E-state index contributed by atoms with van der Waals surface area (Å²) in [7, 11) is 0. The Morgan fingerprint density at radius 2 is 1.57 bits per heavy atom. The zero-order chi connectivity index (χ0) is 21.3.